The Balaban J connectivity index is 1.93. The van der Waals surface area contributed by atoms with E-state index in [1.165, 1.54) is 6.92 Å². The van der Waals surface area contributed by atoms with Crippen molar-refractivity contribution in [3.63, 3.8) is 0 Å². The Hall–Kier alpha value is -2.53. The van der Waals surface area contributed by atoms with Crippen molar-refractivity contribution in [3.8, 4) is 5.75 Å². The van der Waals surface area contributed by atoms with Crippen LogP contribution < -0.4 is 10.1 Å². The third-order valence-corrected chi connectivity index (χ3v) is 3.61. The van der Waals surface area contributed by atoms with Crippen LogP contribution in [0, 0.1) is 0 Å². The monoisotopic (exact) mass is 347 g/mol. The molecular weight excluding hydrogens is 330 g/mol. The van der Waals surface area contributed by atoms with Gasteiger partial charge in [-0.1, -0.05) is 35.9 Å². The van der Waals surface area contributed by atoms with Crippen LogP contribution in [0.1, 0.15) is 18.1 Å². The Kier molecular flexibility index (Phi) is 6.21. The standard InChI is InChI=1S/C18H18ClNO4/c1-12(21)20-17(18(22)23)10-13-4-8-16(9-5-13)24-11-14-2-6-15(19)7-3-14/h2-9,17H,10-11H2,1H3,(H,20,21)(H,22,23)/t17-/m0/s1. The fourth-order valence-electron chi connectivity index (χ4n) is 2.15. The molecule has 24 heavy (non-hydrogen) atoms. The molecular formula is C18H18ClNO4. The van der Waals surface area contributed by atoms with E-state index in [0.717, 1.165) is 11.1 Å². The van der Waals surface area contributed by atoms with Crippen molar-refractivity contribution in [1.82, 2.24) is 5.32 Å². The fourth-order valence-corrected chi connectivity index (χ4v) is 2.28. The number of carbonyl (C=O) groups is 2. The molecule has 1 amide bonds. The number of aliphatic carboxylic acids is 1. The van der Waals surface area contributed by atoms with Gasteiger partial charge >= 0.3 is 5.97 Å². The number of carboxylic acid groups (broad SMARTS) is 1. The van der Waals surface area contributed by atoms with E-state index in [9.17, 15) is 9.59 Å². The predicted molar refractivity (Wildman–Crippen MR) is 91.2 cm³/mol. The highest BCUT2D eigenvalue weighted by molar-refractivity contribution is 6.30. The summed E-state index contributed by atoms with van der Waals surface area (Å²) in [6, 6.07) is 13.6. The first kappa shape index (κ1) is 17.8. The normalized spacial score (nSPS) is 11.6. The van der Waals surface area contributed by atoms with Crippen molar-refractivity contribution in [1.29, 1.82) is 0 Å². The van der Waals surface area contributed by atoms with Crippen molar-refractivity contribution in [2.45, 2.75) is 26.0 Å². The van der Waals surface area contributed by atoms with Crippen molar-refractivity contribution in [2.75, 3.05) is 0 Å². The summed E-state index contributed by atoms with van der Waals surface area (Å²) in [6.45, 7) is 1.71. The lowest BCUT2D eigenvalue weighted by Gasteiger charge is -2.13. The molecule has 0 bridgehead atoms. The summed E-state index contributed by atoms with van der Waals surface area (Å²) in [5.41, 5.74) is 1.80. The highest BCUT2D eigenvalue weighted by Gasteiger charge is 2.18. The summed E-state index contributed by atoms with van der Waals surface area (Å²) >= 11 is 5.83. The molecule has 5 nitrogen and oxygen atoms in total. The van der Waals surface area contributed by atoms with Crippen LogP contribution in [-0.4, -0.2) is 23.0 Å². The minimum absolute atomic E-state index is 0.215. The summed E-state index contributed by atoms with van der Waals surface area (Å²) in [4.78, 5) is 22.2. The Bertz CT molecular complexity index is 698. The Morgan fingerprint density at radius 2 is 1.67 bits per heavy atom. The maximum absolute atomic E-state index is 11.1. The number of rotatable bonds is 7. The number of ether oxygens (including phenoxy) is 1. The second kappa shape index (κ2) is 8.36. The number of carbonyl (C=O) groups excluding carboxylic acids is 1. The number of benzene rings is 2. The van der Waals surface area contributed by atoms with Gasteiger partial charge < -0.3 is 15.2 Å². The third-order valence-electron chi connectivity index (χ3n) is 3.36. The van der Waals surface area contributed by atoms with Gasteiger partial charge in [0.25, 0.3) is 0 Å². The minimum atomic E-state index is -1.06. The van der Waals surface area contributed by atoms with E-state index in [0.29, 0.717) is 17.4 Å². The largest absolute Gasteiger partial charge is 0.489 e. The summed E-state index contributed by atoms with van der Waals surface area (Å²) in [6.07, 6.45) is 0.215. The number of carboxylic acids is 1. The Morgan fingerprint density at radius 1 is 1.08 bits per heavy atom. The van der Waals surface area contributed by atoms with E-state index in [4.69, 9.17) is 21.4 Å². The lowest BCUT2D eigenvalue weighted by molar-refractivity contribution is -0.141. The van der Waals surface area contributed by atoms with Crippen LogP contribution in [0.25, 0.3) is 0 Å². The first-order chi connectivity index (χ1) is 11.4. The molecule has 1 atom stereocenters. The molecule has 2 aromatic carbocycles. The smallest absolute Gasteiger partial charge is 0.326 e. The molecule has 0 aliphatic rings. The molecule has 0 saturated heterocycles. The Morgan fingerprint density at radius 3 is 2.21 bits per heavy atom. The van der Waals surface area contributed by atoms with Crippen LogP contribution in [-0.2, 0) is 22.6 Å². The van der Waals surface area contributed by atoms with Gasteiger partial charge in [-0.05, 0) is 35.4 Å². The summed E-state index contributed by atoms with van der Waals surface area (Å²) in [7, 11) is 0. The molecule has 0 unspecified atom stereocenters. The molecule has 0 spiro atoms. The van der Waals surface area contributed by atoms with Gasteiger partial charge in [0.15, 0.2) is 0 Å². The number of nitrogens with one attached hydrogen (secondary N) is 1. The average Bonchev–Trinajstić information content (AvgIpc) is 2.54. The highest BCUT2D eigenvalue weighted by Crippen LogP contribution is 2.16. The van der Waals surface area contributed by atoms with Crippen LogP contribution >= 0.6 is 11.6 Å². The second-order valence-corrected chi connectivity index (χ2v) is 5.79. The molecule has 2 N–H and O–H groups in total. The average molecular weight is 348 g/mol. The number of halogens is 1. The lowest BCUT2D eigenvalue weighted by Crippen LogP contribution is -2.41. The van der Waals surface area contributed by atoms with Crippen LogP contribution in [0.3, 0.4) is 0 Å². The zero-order valence-electron chi connectivity index (χ0n) is 13.2. The zero-order chi connectivity index (χ0) is 17.5. The van der Waals surface area contributed by atoms with Crippen molar-refractivity contribution in [3.05, 3.63) is 64.7 Å². The van der Waals surface area contributed by atoms with Crippen molar-refractivity contribution in [2.24, 2.45) is 0 Å². The lowest BCUT2D eigenvalue weighted by atomic mass is 10.1. The molecule has 0 saturated carbocycles. The summed E-state index contributed by atoms with van der Waals surface area (Å²) in [5, 5.41) is 12.2. The van der Waals surface area contributed by atoms with Crippen LogP contribution in [0.2, 0.25) is 5.02 Å². The van der Waals surface area contributed by atoms with Gasteiger partial charge in [0.2, 0.25) is 5.91 Å². The van der Waals surface area contributed by atoms with Crippen LogP contribution in [0.5, 0.6) is 5.75 Å². The summed E-state index contributed by atoms with van der Waals surface area (Å²) in [5.74, 6) is -0.751. The molecule has 6 heteroatoms. The molecule has 0 heterocycles. The van der Waals surface area contributed by atoms with Gasteiger partial charge in [-0.3, -0.25) is 4.79 Å². The van der Waals surface area contributed by atoms with E-state index < -0.39 is 12.0 Å². The van der Waals surface area contributed by atoms with Gasteiger partial charge in [0, 0.05) is 18.4 Å². The number of hydrogen-bond donors (Lipinski definition) is 2. The van der Waals surface area contributed by atoms with E-state index in [1.54, 1.807) is 36.4 Å². The maximum atomic E-state index is 11.1. The van der Waals surface area contributed by atoms with Crippen LogP contribution in [0.4, 0.5) is 0 Å². The van der Waals surface area contributed by atoms with Gasteiger partial charge in [-0.15, -0.1) is 0 Å². The number of amides is 1. The van der Waals surface area contributed by atoms with E-state index in [-0.39, 0.29) is 12.3 Å². The van der Waals surface area contributed by atoms with Crippen molar-refractivity contribution >= 4 is 23.5 Å². The molecule has 0 fully saturated rings. The van der Waals surface area contributed by atoms with E-state index in [2.05, 4.69) is 5.32 Å². The second-order valence-electron chi connectivity index (χ2n) is 5.35. The Labute approximate surface area is 145 Å². The first-order valence-corrected chi connectivity index (χ1v) is 7.78. The highest BCUT2D eigenvalue weighted by atomic mass is 35.5. The van der Waals surface area contributed by atoms with E-state index >= 15 is 0 Å². The zero-order valence-corrected chi connectivity index (χ0v) is 13.9. The fraction of sp³-hybridized carbons (Fsp3) is 0.222. The third kappa shape index (κ3) is 5.59. The van der Waals surface area contributed by atoms with Gasteiger partial charge in [-0.25, -0.2) is 4.79 Å². The van der Waals surface area contributed by atoms with Crippen LogP contribution in [0.15, 0.2) is 48.5 Å². The molecule has 2 rings (SSSR count). The first-order valence-electron chi connectivity index (χ1n) is 7.40. The summed E-state index contributed by atoms with van der Waals surface area (Å²) < 4.78 is 5.67. The SMILES string of the molecule is CC(=O)N[C@@H](Cc1ccc(OCc2ccc(Cl)cc2)cc1)C(=O)O. The number of hydrogen-bond acceptors (Lipinski definition) is 3. The molecule has 0 aromatic heterocycles. The van der Waals surface area contributed by atoms with E-state index in [1.807, 2.05) is 12.1 Å². The molecule has 2 aromatic rings. The molecule has 0 aliphatic heterocycles. The predicted octanol–water partition coefficient (Wildman–Crippen LogP) is 3.05. The van der Waals surface area contributed by atoms with Crippen molar-refractivity contribution < 1.29 is 19.4 Å². The molecule has 126 valence electrons. The quantitative estimate of drug-likeness (QED) is 0.807. The molecule has 0 aliphatic carbocycles. The topological polar surface area (TPSA) is 75.6 Å². The van der Waals surface area contributed by atoms with Gasteiger partial charge in [0.05, 0.1) is 0 Å². The molecule has 0 radical (unpaired) electrons. The van der Waals surface area contributed by atoms with Gasteiger partial charge in [-0.2, -0.15) is 0 Å². The van der Waals surface area contributed by atoms with Gasteiger partial charge in [0.1, 0.15) is 18.4 Å². The minimum Gasteiger partial charge on any atom is -0.489 e. The maximum Gasteiger partial charge on any atom is 0.326 e.